The lowest BCUT2D eigenvalue weighted by Gasteiger charge is -2.20. The molecule has 0 amide bonds. The van der Waals surface area contributed by atoms with Gasteiger partial charge in [0, 0.05) is 25.2 Å². The number of ketones is 1. The average molecular weight is 225 g/mol. The molecule has 1 aromatic heterocycles. The van der Waals surface area contributed by atoms with E-state index < -0.39 is 18.1 Å². The molecule has 1 aromatic rings. The van der Waals surface area contributed by atoms with E-state index in [4.69, 9.17) is 10.5 Å². The van der Waals surface area contributed by atoms with Gasteiger partial charge in [-0.25, -0.2) is 4.98 Å². The van der Waals surface area contributed by atoms with Crippen molar-refractivity contribution in [3.8, 4) is 0 Å². The highest BCUT2D eigenvalue weighted by Gasteiger charge is 2.25. The van der Waals surface area contributed by atoms with Gasteiger partial charge in [0.25, 0.3) is 0 Å². The Bertz CT molecular complexity index is 361. The van der Waals surface area contributed by atoms with E-state index in [1.165, 1.54) is 20.2 Å². The number of aromatic amines is 1. The maximum absolute atomic E-state index is 11.2. The van der Waals surface area contributed by atoms with Crippen molar-refractivity contribution in [2.24, 2.45) is 5.73 Å². The number of nitrogens with two attached hydrogens (primary N) is 1. The van der Waals surface area contributed by atoms with E-state index in [0.29, 0.717) is 6.42 Å². The van der Waals surface area contributed by atoms with Crippen LogP contribution in [0.4, 0.5) is 0 Å². The zero-order valence-electron chi connectivity index (χ0n) is 9.27. The van der Waals surface area contributed by atoms with Crippen molar-refractivity contribution in [1.29, 1.82) is 0 Å². The number of nitrogens with zero attached hydrogens (tertiary/aromatic N) is 1. The summed E-state index contributed by atoms with van der Waals surface area (Å²) in [5.41, 5.74) is 6.43. The van der Waals surface area contributed by atoms with Crippen molar-refractivity contribution in [3.05, 3.63) is 18.2 Å². The molecule has 1 rings (SSSR count). The molecular weight excluding hydrogens is 210 g/mol. The van der Waals surface area contributed by atoms with Crippen molar-refractivity contribution in [2.45, 2.75) is 32.4 Å². The third-order valence-electron chi connectivity index (χ3n) is 2.16. The van der Waals surface area contributed by atoms with Gasteiger partial charge in [-0.05, 0) is 6.92 Å². The van der Waals surface area contributed by atoms with E-state index in [2.05, 4.69) is 9.97 Å². The lowest BCUT2D eigenvalue weighted by Crippen LogP contribution is -2.44. The molecule has 88 valence electrons. The second kappa shape index (κ2) is 5.41. The van der Waals surface area contributed by atoms with E-state index >= 15 is 0 Å². The standard InChI is InChI=1S/C10H15N3O3/c1-6(14)10(11)9(16-7(2)15)3-8-4-12-5-13-8/h4-5,9-10H,3,11H2,1-2H3,(H,12,13). The summed E-state index contributed by atoms with van der Waals surface area (Å²) in [6, 6.07) is -0.813. The number of Topliss-reactive ketones (excluding diaryl/α,β-unsaturated/α-hetero) is 1. The summed E-state index contributed by atoms with van der Waals surface area (Å²) in [7, 11) is 0. The number of imidazole rings is 1. The fourth-order valence-electron chi connectivity index (χ4n) is 1.33. The molecule has 16 heavy (non-hydrogen) atoms. The van der Waals surface area contributed by atoms with Gasteiger partial charge in [0.15, 0.2) is 0 Å². The third-order valence-corrected chi connectivity index (χ3v) is 2.16. The second-order valence-electron chi connectivity index (χ2n) is 3.57. The summed E-state index contributed by atoms with van der Waals surface area (Å²) >= 11 is 0. The van der Waals surface area contributed by atoms with Gasteiger partial charge >= 0.3 is 5.97 Å². The van der Waals surface area contributed by atoms with Crippen LogP contribution in [0.3, 0.4) is 0 Å². The van der Waals surface area contributed by atoms with Gasteiger partial charge in [-0.3, -0.25) is 9.59 Å². The van der Waals surface area contributed by atoms with Crippen molar-refractivity contribution in [2.75, 3.05) is 0 Å². The molecule has 0 aliphatic heterocycles. The largest absolute Gasteiger partial charge is 0.460 e. The number of H-pyrrole nitrogens is 1. The molecule has 0 bridgehead atoms. The molecule has 0 saturated carbocycles. The first-order chi connectivity index (χ1) is 7.50. The zero-order valence-corrected chi connectivity index (χ0v) is 9.27. The van der Waals surface area contributed by atoms with Crippen molar-refractivity contribution in [3.63, 3.8) is 0 Å². The van der Waals surface area contributed by atoms with Gasteiger partial charge in [-0.2, -0.15) is 0 Å². The van der Waals surface area contributed by atoms with Crippen LogP contribution in [0.5, 0.6) is 0 Å². The lowest BCUT2D eigenvalue weighted by atomic mass is 10.0. The van der Waals surface area contributed by atoms with Gasteiger partial charge in [0.2, 0.25) is 0 Å². The van der Waals surface area contributed by atoms with Gasteiger partial charge in [-0.1, -0.05) is 0 Å². The van der Waals surface area contributed by atoms with E-state index in [0.717, 1.165) is 5.69 Å². The second-order valence-corrected chi connectivity index (χ2v) is 3.57. The average Bonchev–Trinajstić information content (AvgIpc) is 2.67. The Hall–Kier alpha value is -1.69. The summed E-state index contributed by atoms with van der Waals surface area (Å²) in [6.07, 6.45) is 2.80. The Morgan fingerprint density at radius 1 is 1.56 bits per heavy atom. The summed E-state index contributed by atoms with van der Waals surface area (Å²) in [6.45, 7) is 2.65. The first kappa shape index (κ1) is 12.4. The highest BCUT2D eigenvalue weighted by molar-refractivity contribution is 5.82. The Labute approximate surface area is 93.2 Å². The number of esters is 1. The van der Waals surface area contributed by atoms with E-state index in [1.807, 2.05) is 0 Å². The topological polar surface area (TPSA) is 98.1 Å². The number of carbonyl (C=O) groups excluding carboxylic acids is 2. The zero-order chi connectivity index (χ0) is 12.1. The molecule has 0 aliphatic rings. The molecule has 6 heteroatoms. The smallest absolute Gasteiger partial charge is 0.302 e. The molecule has 6 nitrogen and oxygen atoms in total. The van der Waals surface area contributed by atoms with Crippen LogP contribution >= 0.6 is 0 Å². The molecule has 0 fully saturated rings. The number of carbonyl (C=O) groups is 2. The highest BCUT2D eigenvalue weighted by atomic mass is 16.5. The summed E-state index contributed by atoms with van der Waals surface area (Å²) < 4.78 is 5.01. The number of hydrogen-bond acceptors (Lipinski definition) is 5. The molecule has 0 saturated heterocycles. The number of hydrogen-bond donors (Lipinski definition) is 2. The fraction of sp³-hybridized carbons (Fsp3) is 0.500. The first-order valence-corrected chi connectivity index (χ1v) is 4.91. The molecule has 1 heterocycles. The van der Waals surface area contributed by atoms with E-state index in [9.17, 15) is 9.59 Å². The van der Waals surface area contributed by atoms with Crippen LogP contribution < -0.4 is 5.73 Å². The predicted octanol–water partition coefficient (Wildman–Crippen LogP) is -0.200. The maximum Gasteiger partial charge on any atom is 0.302 e. The number of aromatic nitrogens is 2. The van der Waals surface area contributed by atoms with Gasteiger partial charge in [0.05, 0.1) is 6.33 Å². The highest BCUT2D eigenvalue weighted by Crippen LogP contribution is 2.07. The molecular formula is C10H15N3O3. The minimum absolute atomic E-state index is 0.217. The Kier molecular flexibility index (Phi) is 4.19. The van der Waals surface area contributed by atoms with Gasteiger partial charge in [-0.15, -0.1) is 0 Å². The minimum Gasteiger partial charge on any atom is -0.460 e. The molecule has 0 aliphatic carbocycles. The molecule has 0 aromatic carbocycles. The Balaban J connectivity index is 2.71. The Morgan fingerprint density at radius 2 is 2.25 bits per heavy atom. The monoisotopic (exact) mass is 225 g/mol. The normalized spacial score (nSPS) is 14.2. The van der Waals surface area contributed by atoms with Gasteiger partial charge in [0.1, 0.15) is 17.9 Å². The third kappa shape index (κ3) is 3.47. The van der Waals surface area contributed by atoms with Crippen molar-refractivity contribution >= 4 is 11.8 Å². The van der Waals surface area contributed by atoms with Crippen molar-refractivity contribution in [1.82, 2.24) is 9.97 Å². The lowest BCUT2D eigenvalue weighted by molar-refractivity contribution is -0.148. The van der Waals surface area contributed by atoms with Crippen LogP contribution in [0.25, 0.3) is 0 Å². The Morgan fingerprint density at radius 3 is 2.69 bits per heavy atom. The molecule has 3 N–H and O–H groups in total. The minimum atomic E-state index is -0.813. The quantitative estimate of drug-likeness (QED) is 0.676. The predicted molar refractivity (Wildman–Crippen MR) is 56.5 cm³/mol. The van der Waals surface area contributed by atoms with E-state index in [-0.39, 0.29) is 5.78 Å². The maximum atomic E-state index is 11.2. The summed E-state index contributed by atoms with van der Waals surface area (Å²) in [5, 5.41) is 0. The van der Waals surface area contributed by atoms with Crippen LogP contribution in [0.2, 0.25) is 0 Å². The SMILES string of the molecule is CC(=O)OC(Cc1cnc[nH]1)C(N)C(C)=O. The summed E-state index contributed by atoms with van der Waals surface area (Å²) in [5.74, 6) is -0.674. The molecule has 2 unspecified atom stereocenters. The summed E-state index contributed by atoms with van der Waals surface area (Å²) in [4.78, 5) is 28.7. The van der Waals surface area contributed by atoms with Crippen LogP contribution in [0.15, 0.2) is 12.5 Å². The molecule has 0 spiro atoms. The molecule has 0 radical (unpaired) electrons. The number of rotatable bonds is 5. The molecule has 2 atom stereocenters. The van der Waals surface area contributed by atoms with Crippen LogP contribution in [0.1, 0.15) is 19.5 Å². The number of ether oxygens (including phenoxy) is 1. The fourth-order valence-corrected chi connectivity index (χ4v) is 1.33. The van der Waals surface area contributed by atoms with Gasteiger partial charge < -0.3 is 15.5 Å². The van der Waals surface area contributed by atoms with Crippen LogP contribution in [-0.2, 0) is 20.7 Å². The van der Waals surface area contributed by atoms with Crippen LogP contribution in [0, 0.1) is 0 Å². The van der Waals surface area contributed by atoms with Crippen LogP contribution in [-0.4, -0.2) is 33.9 Å². The van der Waals surface area contributed by atoms with Crippen molar-refractivity contribution < 1.29 is 14.3 Å². The first-order valence-electron chi connectivity index (χ1n) is 4.91. The number of nitrogens with one attached hydrogen (secondary N) is 1. The van der Waals surface area contributed by atoms with E-state index in [1.54, 1.807) is 6.20 Å².